The predicted octanol–water partition coefficient (Wildman–Crippen LogP) is 6.56. The van der Waals surface area contributed by atoms with Crippen molar-refractivity contribution >= 4 is 5.91 Å². The fraction of sp³-hybridized carbons (Fsp3) is 0.407. The lowest BCUT2D eigenvalue weighted by molar-refractivity contribution is 0.0943. The molecule has 0 radical (unpaired) electrons. The molecule has 1 aliphatic rings. The molecule has 1 fully saturated rings. The molecule has 0 spiro atoms. The van der Waals surface area contributed by atoms with Crippen LogP contribution in [0.4, 0.5) is 4.39 Å². The van der Waals surface area contributed by atoms with Crippen LogP contribution in [0.15, 0.2) is 48.7 Å². The van der Waals surface area contributed by atoms with Crippen molar-refractivity contribution in [2.75, 3.05) is 6.54 Å². The van der Waals surface area contributed by atoms with Gasteiger partial charge in [0.15, 0.2) is 0 Å². The second-order valence-corrected chi connectivity index (χ2v) is 8.41. The lowest BCUT2D eigenvalue weighted by atomic mass is 9.79. The summed E-state index contributed by atoms with van der Waals surface area (Å²) in [6, 6.07) is 12.4. The number of aryl methyl sites for hydroxylation is 2. The van der Waals surface area contributed by atoms with Gasteiger partial charge >= 0.3 is 0 Å². The number of aromatic nitrogens is 2. The van der Waals surface area contributed by atoms with Gasteiger partial charge in [0.05, 0.1) is 11.3 Å². The Balaban J connectivity index is 0.00000141. The van der Waals surface area contributed by atoms with Crippen molar-refractivity contribution < 1.29 is 9.18 Å². The second-order valence-electron chi connectivity index (χ2n) is 8.41. The standard InChI is InChI=1S/C25H28FN3O.C2H6/c1-16-13-21(11-12-27-16)19-5-3-18(4-6-19)15-28-25(30)23-14-17(2)29-24(23)20-7-9-22(26)10-8-20;1-2/h7-14,18-19,29H,3-6,15H2,1-2H3,(H,28,30);1-2H3. The molecular formula is C27H34FN3O. The molecular weight excluding hydrogens is 401 g/mol. The molecule has 0 bridgehead atoms. The number of H-pyrrole nitrogens is 1. The molecule has 2 heterocycles. The normalized spacial score (nSPS) is 17.9. The van der Waals surface area contributed by atoms with Gasteiger partial charge in [0.25, 0.3) is 5.91 Å². The quantitative estimate of drug-likeness (QED) is 0.477. The number of carbonyl (C=O) groups is 1. The molecule has 0 unspecified atom stereocenters. The first kappa shape index (κ1) is 23.7. The van der Waals surface area contributed by atoms with E-state index < -0.39 is 0 Å². The summed E-state index contributed by atoms with van der Waals surface area (Å²) in [5.74, 6) is 0.731. The largest absolute Gasteiger partial charge is 0.358 e. The Hall–Kier alpha value is -2.95. The summed E-state index contributed by atoms with van der Waals surface area (Å²) < 4.78 is 13.3. The van der Waals surface area contributed by atoms with Crippen LogP contribution in [-0.4, -0.2) is 22.4 Å². The minimum Gasteiger partial charge on any atom is -0.358 e. The van der Waals surface area contributed by atoms with E-state index in [1.807, 2.05) is 40.0 Å². The number of hydrogen-bond donors (Lipinski definition) is 2. The fourth-order valence-corrected chi connectivity index (χ4v) is 4.47. The van der Waals surface area contributed by atoms with Crippen LogP contribution >= 0.6 is 0 Å². The molecule has 1 aromatic carbocycles. The van der Waals surface area contributed by atoms with E-state index in [0.717, 1.165) is 48.3 Å². The third-order valence-corrected chi connectivity index (χ3v) is 6.12. The summed E-state index contributed by atoms with van der Waals surface area (Å²) in [5, 5.41) is 3.12. The summed E-state index contributed by atoms with van der Waals surface area (Å²) in [6.45, 7) is 8.65. The van der Waals surface area contributed by atoms with Crippen LogP contribution in [0, 0.1) is 25.6 Å². The van der Waals surface area contributed by atoms with Crippen molar-refractivity contribution in [3.63, 3.8) is 0 Å². The van der Waals surface area contributed by atoms with Crippen molar-refractivity contribution in [2.24, 2.45) is 5.92 Å². The van der Waals surface area contributed by atoms with E-state index >= 15 is 0 Å². The first-order chi connectivity index (χ1) is 15.5. The predicted molar refractivity (Wildman–Crippen MR) is 128 cm³/mol. The first-order valence-electron chi connectivity index (χ1n) is 11.7. The second kappa shape index (κ2) is 11.1. The Morgan fingerprint density at radius 3 is 2.41 bits per heavy atom. The van der Waals surface area contributed by atoms with Crippen LogP contribution in [0.1, 0.15) is 72.8 Å². The summed E-state index contributed by atoms with van der Waals surface area (Å²) in [7, 11) is 0. The number of pyridine rings is 1. The molecule has 170 valence electrons. The minimum atomic E-state index is -0.287. The molecule has 1 saturated carbocycles. The molecule has 4 nitrogen and oxygen atoms in total. The van der Waals surface area contributed by atoms with Crippen LogP contribution in [-0.2, 0) is 0 Å². The number of rotatable bonds is 5. The molecule has 0 saturated heterocycles. The van der Waals surface area contributed by atoms with E-state index in [-0.39, 0.29) is 11.7 Å². The maximum absolute atomic E-state index is 13.3. The van der Waals surface area contributed by atoms with E-state index in [1.54, 1.807) is 12.1 Å². The molecule has 32 heavy (non-hydrogen) atoms. The average Bonchev–Trinajstić information content (AvgIpc) is 3.21. The van der Waals surface area contributed by atoms with Gasteiger partial charge in [-0.15, -0.1) is 0 Å². The van der Waals surface area contributed by atoms with E-state index in [9.17, 15) is 9.18 Å². The van der Waals surface area contributed by atoms with Crippen LogP contribution in [0.2, 0.25) is 0 Å². The number of halogens is 1. The van der Waals surface area contributed by atoms with Crippen LogP contribution < -0.4 is 5.32 Å². The summed E-state index contributed by atoms with van der Waals surface area (Å²) in [5.41, 5.74) is 5.52. The van der Waals surface area contributed by atoms with Crippen LogP contribution in [0.3, 0.4) is 0 Å². The van der Waals surface area contributed by atoms with Crippen molar-refractivity contribution in [3.8, 4) is 11.3 Å². The molecule has 2 N–H and O–H groups in total. The Morgan fingerprint density at radius 1 is 1.06 bits per heavy atom. The third kappa shape index (κ3) is 5.84. The van der Waals surface area contributed by atoms with Gasteiger partial charge in [0.1, 0.15) is 5.82 Å². The molecule has 4 rings (SSSR count). The SMILES string of the molecule is CC.Cc1cc(C2CCC(CNC(=O)c3cc(C)[nH]c3-c3ccc(F)cc3)CC2)ccn1. The lowest BCUT2D eigenvalue weighted by Gasteiger charge is -2.29. The minimum absolute atomic E-state index is 0.0782. The van der Waals surface area contributed by atoms with Gasteiger partial charge in [-0.05, 0) is 105 Å². The monoisotopic (exact) mass is 435 g/mol. The average molecular weight is 436 g/mol. The highest BCUT2D eigenvalue weighted by Crippen LogP contribution is 2.35. The van der Waals surface area contributed by atoms with Crippen molar-refractivity contribution in [3.05, 3.63) is 77.0 Å². The molecule has 2 aromatic heterocycles. The fourth-order valence-electron chi connectivity index (χ4n) is 4.47. The smallest absolute Gasteiger partial charge is 0.253 e. The Morgan fingerprint density at radius 2 is 1.75 bits per heavy atom. The number of nitrogens with one attached hydrogen (secondary N) is 2. The highest BCUT2D eigenvalue weighted by Gasteiger charge is 2.24. The maximum atomic E-state index is 13.3. The van der Waals surface area contributed by atoms with E-state index in [1.165, 1.54) is 17.7 Å². The van der Waals surface area contributed by atoms with E-state index in [0.29, 0.717) is 23.9 Å². The lowest BCUT2D eigenvalue weighted by Crippen LogP contribution is -2.31. The molecule has 1 aliphatic carbocycles. The third-order valence-electron chi connectivity index (χ3n) is 6.12. The van der Waals surface area contributed by atoms with Crippen molar-refractivity contribution in [1.82, 2.24) is 15.3 Å². The van der Waals surface area contributed by atoms with Gasteiger partial charge in [-0.25, -0.2) is 4.39 Å². The molecule has 0 atom stereocenters. The molecule has 3 aromatic rings. The van der Waals surface area contributed by atoms with Gasteiger partial charge < -0.3 is 10.3 Å². The summed E-state index contributed by atoms with van der Waals surface area (Å²) in [6.07, 6.45) is 6.42. The Kier molecular flexibility index (Phi) is 8.20. The van der Waals surface area contributed by atoms with E-state index in [4.69, 9.17) is 0 Å². The van der Waals surface area contributed by atoms with Crippen LogP contribution in [0.5, 0.6) is 0 Å². The zero-order valence-electron chi connectivity index (χ0n) is 19.5. The highest BCUT2D eigenvalue weighted by atomic mass is 19.1. The molecule has 5 heteroatoms. The van der Waals surface area contributed by atoms with E-state index in [2.05, 4.69) is 27.4 Å². The van der Waals surface area contributed by atoms with Crippen LogP contribution in [0.25, 0.3) is 11.3 Å². The van der Waals surface area contributed by atoms with Gasteiger partial charge in [-0.3, -0.25) is 9.78 Å². The number of carbonyl (C=O) groups excluding carboxylic acids is 1. The number of nitrogens with zero attached hydrogens (tertiary/aromatic N) is 1. The Bertz CT molecular complexity index is 1020. The van der Waals surface area contributed by atoms with Gasteiger partial charge in [0, 0.05) is 24.1 Å². The topological polar surface area (TPSA) is 57.8 Å². The van der Waals surface area contributed by atoms with Gasteiger partial charge in [-0.1, -0.05) is 13.8 Å². The zero-order valence-corrected chi connectivity index (χ0v) is 19.5. The number of benzene rings is 1. The number of amides is 1. The van der Waals surface area contributed by atoms with Gasteiger partial charge in [-0.2, -0.15) is 0 Å². The van der Waals surface area contributed by atoms with Crippen molar-refractivity contribution in [1.29, 1.82) is 0 Å². The van der Waals surface area contributed by atoms with Gasteiger partial charge in [0.2, 0.25) is 0 Å². The molecule has 0 aliphatic heterocycles. The van der Waals surface area contributed by atoms with Crippen molar-refractivity contribution in [2.45, 2.75) is 59.3 Å². The number of hydrogen-bond acceptors (Lipinski definition) is 2. The summed E-state index contributed by atoms with van der Waals surface area (Å²) >= 11 is 0. The maximum Gasteiger partial charge on any atom is 0.253 e. The zero-order chi connectivity index (χ0) is 23.1. The Labute approximate surface area is 190 Å². The highest BCUT2D eigenvalue weighted by molar-refractivity contribution is 6.00. The first-order valence-corrected chi connectivity index (χ1v) is 11.7. The number of aromatic amines is 1. The summed E-state index contributed by atoms with van der Waals surface area (Å²) in [4.78, 5) is 20.4. The molecule has 1 amide bonds.